The summed E-state index contributed by atoms with van der Waals surface area (Å²) in [5.41, 5.74) is 0.972. The van der Waals surface area contributed by atoms with Crippen molar-refractivity contribution in [1.29, 1.82) is 0 Å². The molecule has 0 unspecified atom stereocenters. The Morgan fingerprint density at radius 1 is 1.14 bits per heavy atom. The van der Waals surface area contributed by atoms with Gasteiger partial charge in [-0.25, -0.2) is 4.98 Å². The molecule has 9 heteroatoms. The zero-order chi connectivity index (χ0) is 16.3. The number of nitrogens with one attached hydrogen (secondary N) is 2. The molecule has 0 radical (unpaired) electrons. The highest BCUT2D eigenvalue weighted by Crippen LogP contribution is 2.28. The number of nitrogens with zero attached hydrogens (tertiary/aromatic N) is 2. The van der Waals surface area contributed by atoms with Crippen LogP contribution in [0.3, 0.4) is 0 Å². The number of halogens is 2. The Morgan fingerprint density at radius 2 is 1.86 bits per heavy atom. The van der Waals surface area contributed by atoms with Crippen molar-refractivity contribution >= 4 is 50.6 Å². The van der Waals surface area contributed by atoms with E-state index >= 15 is 0 Å². The molecule has 1 heterocycles. The van der Waals surface area contributed by atoms with Crippen molar-refractivity contribution in [1.82, 2.24) is 9.29 Å². The summed E-state index contributed by atoms with van der Waals surface area (Å²) in [6.45, 7) is 0. The van der Waals surface area contributed by atoms with E-state index in [1.54, 1.807) is 30.3 Å². The van der Waals surface area contributed by atoms with Gasteiger partial charge in [-0.2, -0.15) is 12.7 Å². The van der Waals surface area contributed by atoms with Crippen LogP contribution in [0.4, 0.5) is 17.2 Å². The molecule has 0 aliphatic carbocycles. The lowest BCUT2D eigenvalue weighted by atomic mass is 10.3. The van der Waals surface area contributed by atoms with Gasteiger partial charge in [0.15, 0.2) is 0 Å². The topological polar surface area (TPSA) is 74.3 Å². The highest BCUT2D eigenvalue weighted by molar-refractivity contribution is 7.90. The Balaban J connectivity index is 2.14. The number of hydrogen-bond donors (Lipinski definition) is 2. The third kappa shape index (κ3) is 4.23. The molecule has 0 amide bonds. The van der Waals surface area contributed by atoms with Crippen LogP contribution >= 0.6 is 23.2 Å². The SMILES string of the molecule is CN(C)S(=O)(=O)Nc1ccc(Nc2cc(Cl)ccc2Cl)nc1. The third-order valence-electron chi connectivity index (χ3n) is 2.68. The second kappa shape index (κ2) is 6.70. The van der Waals surface area contributed by atoms with Gasteiger partial charge in [0.1, 0.15) is 5.82 Å². The number of pyridine rings is 1. The molecule has 0 bridgehead atoms. The molecule has 22 heavy (non-hydrogen) atoms. The van der Waals surface area contributed by atoms with Gasteiger partial charge in [0.2, 0.25) is 0 Å². The zero-order valence-electron chi connectivity index (χ0n) is 11.8. The number of aromatic nitrogens is 1. The molecular weight excluding hydrogens is 347 g/mol. The molecule has 0 atom stereocenters. The third-order valence-corrected chi connectivity index (χ3v) is 4.70. The van der Waals surface area contributed by atoms with Gasteiger partial charge < -0.3 is 5.32 Å². The van der Waals surface area contributed by atoms with E-state index in [2.05, 4.69) is 15.0 Å². The summed E-state index contributed by atoms with van der Waals surface area (Å²) in [7, 11) is -0.676. The van der Waals surface area contributed by atoms with Crippen molar-refractivity contribution in [3.63, 3.8) is 0 Å². The molecule has 2 N–H and O–H groups in total. The fraction of sp³-hybridized carbons (Fsp3) is 0.154. The van der Waals surface area contributed by atoms with Gasteiger partial charge in [-0.05, 0) is 30.3 Å². The summed E-state index contributed by atoms with van der Waals surface area (Å²) in [6, 6.07) is 8.25. The quantitative estimate of drug-likeness (QED) is 0.857. The molecule has 6 nitrogen and oxygen atoms in total. The van der Waals surface area contributed by atoms with Crippen LogP contribution in [0.1, 0.15) is 0 Å². The predicted octanol–water partition coefficient (Wildman–Crippen LogP) is 3.35. The molecule has 2 aromatic rings. The molecule has 0 saturated heterocycles. The summed E-state index contributed by atoms with van der Waals surface area (Å²) in [6.07, 6.45) is 1.40. The van der Waals surface area contributed by atoms with Crippen LogP contribution in [0.25, 0.3) is 0 Å². The first-order valence-corrected chi connectivity index (χ1v) is 8.36. The van der Waals surface area contributed by atoms with E-state index in [-0.39, 0.29) is 0 Å². The lowest BCUT2D eigenvalue weighted by Gasteiger charge is -2.13. The molecule has 0 aliphatic rings. The largest absolute Gasteiger partial charge is 0.339 e. The van der Waals surface area contributed by atoms with Crippen molar-refractivity contribution in [2.24, 2.45) is 0 Å². The molecular formula is C13H14Cl2N4O2S. The first kappa shape index (κ1) is 16.8. The van der Waals surface area contributed by atoms with Crippen molar-refractivity contribution in [3.8, 4) is 0 Å². The van der Waals surface area contributed by atoms with Crippen LogP contribution in [0.15, 0.2) is 36.5 Å². The Hall–Kier alpha value is -1.54. The average Bonchev–Trinajstić information content (AvgIpc) is 2.44. The van der Waals surface area contributed by atoms with Crippen molar-refractivity contribution in [2.45, 2.75) is 0 Å². The maximum absolute atomic E-state index is 11.7. The van der Waals surface area contributed by atoms with Crippen LogP contribution in [-0.2, 0) is 10.2 Å². The smallest absolute Gasteiger partial charge is 0.301 e. The summed E-state index contributed by atoms with van der Waals surface area (Å²) < 4.78 is 26.9. The molecule has 118 valence electrons. The fourth-order valence-electron chi connectivity index (χ4n) is 1.50. The first-order chi connectivity index (χ1) is 10.3. The Morgan fingerprint density at radius 3 is 2.45 bits per heavy atom. The number of rotatable bonds is 5. The number of hydrogen-bond acceptors (Lipinski definition) is 4. The van der Waals surface area contributed by atoms with E-state index in [9.17, 15) is 8.42 Å². The maximum atomic E-state index is 11.7. The lowest BCUT2D eigenvalue weighted by molar-refractivity contribution is 0.527. The molecule has 0 aliphatic heterocycles. The number of benzene rings is 1. The minimum absolute atomic E-state index is 0.358. The predicted molar refractivity (Wildman–Crippen MR) is 90.2 cm³/mol. The monoisotopic (exact) mass is 360 g/mol. The van der Waals surface area contributed by atoms with Gasteiger partial charge in [0.25, 0.3) is 0 Å². The second-order valence-corrected chi connectivity index (χ2v) is 7.30. The molecule has 2 rings (SSSR count). The van der Waals surface area contributed by atoms with Crippen LogP contribution in [0.2, 0.25) is 10.0 Å². The van der Waals surface area contributed by atoms with Gasteiger partial charge in [0.05, 0.1) is 22.6 Å². The molecule has 0 spiro atoms. The van der Waals surface area contributed by atoms with Crippen molar-refractivity contribution < 1.29 is 8.42 Å². The molecule has 0 fully saturated rings. The van der Waals surface area contributed by atoms with Crippen LogP contribution < -0.4 is 10.0 Å². The molecule has 1 aromatic carbocycles. The van der Waals surface area contributed by atoms with Gasteiger partial charge in [0, 0.05) is 19.1 Å². The van der Waals surface area contributed by atoms with E-state index in [0.29, 0.717) is 27.2 Å². The summed E-state index contributed by atoms with van der Waals surface area (Å²) >= 11 is 12.0. The molecule has 1 aromatic heterocycles. The zero-order valence-corrected chi connectivity index (χ0v) is 14.2. The Kier molecular flexibility index (Phi) is 5.12. The van der Waals surface area contributed by atoms with E-state index in [4.69, 9.17) is 23.2 Å². The Bertz CT molecular complexity index is 764. The van der Waals surface area contributed by atoms with E-state index in [1.165, 1.54) is 20.3 Å². The standard InChI is InChI=1S/C13H14Cl2N4O2S/c1-19(2)22(20,21)18-10-4-6-13(16-8-10)17-12-7-9(14)3-5-11(12)15/h3-8,18H,1-2H3,(H,16,17). The summed E-state index contributed by atoms with van der Waals surface area (Å²) in [5.74, 6) is 0.511. The van der Waals surface area contributed by atoms with Gasteiger partial charge >= 0.3 is 10.2 Å². The maximum Gasteiger partial charge on any atom is 0.301 e. The second-order valence-electron chi connectivity index (χ2n) is 4.57. The highest BCUT2D eigenvalue weighted by Gasteiger charge is 2.13. The lowest BCUT2D eigenvalue weighted by Crippen LogP contribution is -2.28. The van der Waals surface area contributed by atoms with Crippen LogP contribution in [-0.4, -0.2) is 31.8 Å². The summed E-state index contributed by atoms with van der Waals surface area (Å²) in [4.78, 5) is 4.13. The fourth-order valence-corrected chi connectivity index (χ4v) is 2.44. The van der Waals surface area contributed by atoms with E-state index < -0.39 is 10.2 Å². The minimum Gasteiger partial charge on any atom is -0.339 e. The highest BCUT2D eigenvalue weighted by atomic mass is 35.5. The van der Waals surface area contributed by atoms with Crippen molar-refractivity contribution in [2.75, 3.05) is 24.1 Å². The minimum atomic E-state index is -3.55. The number of anilines is 3. The summed E-state index contributed by atoms with van der Waals surface area (Å²) in [5, 5.41) is 4.06. The van der Waals surface area contributed by atoms with Gasteiger partial charge in [-0.1, -0.05) is 23.2 Å². The van der Waals surface area contributed by atoms with Crippen LogP contribution in [0, 0.1) is 0 Å². The van der Waals surface area contributed by atoms with Crippen molar-refractivity contribution in [3.05, 3.63) is 46.6 Å². The molecule has 0 saturated carbocycles. The average molecular weight is 361 g/mol. The van der Waals surface area contributed by atoms with Crippen LogP contribution in [0.5, 0.6) is 0 Å². The first-order valence-electron chi connectivity index (χ1n) is 6.16. The van der Waals surface area contributed by atoms with E-state index in [0.717, 1.165) is 4.31 Å². The van der Waals surface area contributed by atoms with E-state index in [1.807, 2.05) is 0 Å². The van der Waals surface area contributed by atoms with Gasteiger partial charge in [-0.3, -0.25) is 4.72 Å². The van der Waals surface area contributed by atoms with Gasteiger partial charge in [-0.15, -0.1) is 0 Å². The normalized spacial score (nSPS) is 11.5. The Labute approximate surface area is 139 Å².